The molecule has 0 saturated carbocycles. The van der Waals surface area contributed by atoms with Crippen molar-refractivity contribution in [3.63, 3.8) is 0 Å². The summed E-state index contributed by atoms with van der Waals surface area (Å²) in [4.78, 5) is 19.5. The Morgan fingerprint density at radius 2 is 1.77 bits per heavy atom. The van der Waals surface area contributed by atoms with Gasteiger partial charge in [-0.15, -0.1) is 0 Å². The third kappa shape index (κ3) is 4.59. The van der Waals surface area contributed by atoms with Crippen molar-refractivity contribution < 1.29 is 13.9 Å². The van der Waals surface area contributed by atoms with E-state index in [1.807, 2.05) is 29.2 Å². The molecule has 2 saturated heterocycles. The van der Waals surface area contributed by atoms with E-state index in [1.165, 1.54) is 12.1 Å². The molecule has 5 nitrogen and oxygen atoms in total. The summed E-state index contributed by atoms with van der Waals surface area (Å²) in [5, 5.41) is 0. The minimum absolute atomic E-state index is 0.155. The number of hydrogen-bond acceptors (Lipinski definition) is 4. The van der Waals surface area contributed by atoms with E-state index in [4.69, 9.17) is 4.74 Å². The molecule has 160 valence electrons. The number of piperidine rings is 1. The number of likely N-dealkylation sites (N-methyl/N-ethyl adjacent to an activating group) is 1. The highest BCUT2D eigenvalue weighted by Gasteiger charge is 2.28. The van der Waals surface area contributed by atoms with Gasteiger partial charge in [-0.3, -0.25) is 4.79 Å². The second kappa shape index (κ2) is 9.04. The summed E-state index contributed by atoms with van der Waals surface area (Å²) < 4.78 is 18.7. The summed E-state index contributed by atoms with van der Waals surface area (Å²) in [6, 6.07) is 12.7. The van der Waals surface area contributed by atoms with Crippen molar-refractivity contribution in [1.82, 2.24) is 4.90 Å². The van der Waals surface area contributed by atoms with Crippen LogP contribution in [0.1, 0.15) is 18.4 Å². The van der Waals surface area contributed by atoms with Crippen molar-refractivity contribution in [3.05, 3.63) is 53.8 Å². The van der Waals surface area contributed by atoms with Crippen LogP contribution in [0.5, 0.6) is 5.75 Å². The molecule has 4 rings (SSSR count). The van der Waals surface area contributed by atoms with Gasteiger partial charge in [-0.1, -0.05) is 12.1 Å². The number of amides is 1. The molecule has 0 N–H and O–H groups in total. The molecule has 30 heavy (non-hydrogen) atoms. The predicted octanol–water partition coefficient (Wildman–Crippen LogP) is 3.57. The predicted molar refractivity (Wildman–Crippen MR) is 118 cm³/mol. The van der Waals surface area contributed by atoms with E-state index in [0.717, 1.165) is 61.7 Å². The SMILES string of the molecule is COc1ccc(N2CCC(Cc3ccc(F)cc3)CC2=O)cc1N1CCN(C)CC1. The number of piperazine rings is 1. The van der Waals surface area contributed by atoms with Crippen molar-refractivity contribution in [2.45, 2.75) is 19.3 Å². The number of carbonyl (C=O) groups is 1. The largest absolute Gasteiger partial charge is 0.495 e. The minimum Gasteiger partial charge on any atom is -0.495 e. The van der Waals surface area contributed by atoms with Gasteiger partial charge in [-0.2, -0.15) is 0 Å². The number of methoxy groups -OCH3 is 1. The Balaban J connectivity index is 1.46. The van der Waals surface area contributed by atoms with Crippen LogP contribution in [0.4, 0.5) is 15.8 Å². The van der Waals surface area contributed by atoms with Crippen LogP contribution in [-0.2, 0) is 11.2 Å². The van der Waals surface area contributed by atoms with Crippen LogP contribution in [0.25, 0.3) is 0 Å². The van der Waals surface area contributed by atoms with Gasteiger partial charge in [0.2, 0.25) is 5.91 Å². The van der Waals surface area contributed by atoms with Gasteiger partial charge in [-0.05, 0) is 61.7 Å². The topological polar surface area (TPSA) is 36.0 Å². The van der Waals surface area contributed by atoms with Crippen LogP contribution >= 0.6 is 0 Å². The van der Waals surface area contributed by atoms with Gasteiger partial charge in [0, 0.05) is 44.8 Å². The van der Waals surface area contributed by atoms with E-state index in [0.29, 0.717) is 18.9 Å². The van der Waals surface area contributed by atoms with Gasteiger partial charge < -0.3 is 19.4 Å². The zero-order valence-electron chi connectivity index (χ0n) is 17.8. The third-order valence-electron chi connectivity index (χ3n) is 6.28. The monoisotopic (exact) mass is 411 g/mol. The summed E-state index contributed by atoms with van der Waals surface area (Å²) in [7, 11) is 3.83. The van der Waals surface area contributed by atoms with Gasteiger partial charge in [0.25, 0.3) is 0 Å². The number of hydrogen-bond donors (Lipinski definition) is 0. The normalized spacial score (nSPS) is 20.5. The molecule has 2 heterocycles. The average molecular weight is 412 g/mol. The van der Waals surface area contributed by atoms with E-state index < -0.39 is 0 Å². The molecule has 2 aliphatic heterocycles. The lowest BCUT2D eigenvalue weighted by atomic mass is 9.89. The first-order valence-corrected chi connectivity index (χ1v) is 10.7. The van der Waals surface area contributed by atoms with Crippen molar-refractivity contribution >= 4 is 17.3 Å². The Kier molecular flexibility index (Phi) is 6.23. The second-order valence-corrected chi connectivity index (χ2v) is 8.38. The second-order valence-electron chi connectivity index (χ2n) is 8.38. The van der Waals surface area contributed by atoms with E-state index >= 15 is 0 Å². The average Bonchev–Trinajstić information content (AvgIpc) is 2.76. The molecule has 2 aliphatic rings. The zero-order valence-corrected chi connectivity index (χ0v) is 17.8. The molecular weight excluding hydrogens is 381 g/mol. The molecule has 0 bridgehead atoms. The summed E-state index contributed by atoms with van der Waals surface area (Å²) in [5.74, 6) is 1.08. The Labute approximate surface area is 178 Å². The minimum atomic E-state index is -0.222. The fourth-order valence-corrected chi connectivity index (χ4v) is 4.44. The summed E-state index contributed by atoms with van der Waals surface area (Å²) in [5.41, 5.74) is 3.09. The van der Waals surface area contributed by atoms with E-state index in [9.17, 15) is 9.18 Å². The Morgan fingerprint density at radius 1 is 1.03 bits per heavy atom. The van der Waals surface area contributed by atoms with E-state index in [-0.39, 0.29) is 11.7 Å². The highest BCUT2D eigenvalue weighted by Crippen LogP contribution is 2.35. The Bertz CT molecular complexity index is 879. The highest BCUT2D eigenvalue weighted by molar-refractivity contribution is 5.95. The molecule has 0 aliphatic carbocycles. The lowest BCUT2D eigenvalue weighted by Crippen LogP contribution is -2.44. The van der Waals surface area contributed by atoms with Crippen LogP contribution in [0, 0.1) is 11.7 Å². The highest BCUT2D eigenvalue weighted by atomic mass is 19.1. The molecule has 2 fully saturated rings. The van der Waals surface area contributed by atoms with Gasteiger partial charge in [0.15, 0.2) is 0 Å². The van der Waals surface area contributed by atoms with Gasteiger partial charge in [0.1, 0.15) is 11.6 Å². The molecule has 0 radical (unpaired) electrons. The molecule has 2 aromatic carbocycles. The van der Waals surface area contributed by atoms with Crippen molar-refractivity contribution in [2.75, 3.05) is 56.7 Å². The maximum atomic E-state index is 13.1. The fraction of sp³-hybridized carbons (Fsp3) is 0.458. The van der Waals surface area contributed by atoms with Crippen LogP contribution in [0.2, 0.25) is 0 Å². The molecule has 1 unspecified atom stereocenters. The molecule has 2 aromatic rings. The number of anilines is 2. The molecule has 6 heteroatoms. The zero-order chi connectivity index (χ0) is 21.1. The summed E-state index contributed by atoms with van der Waals surface area (Å²) in [6.07, 6.45) is 2.28. The molecule has 0 aromatic heterocycles. The first-order valence-electron chi connectivity index (χ1n) is 10.7. The summed E-state index contributed by atoms with van der Waals surface area (Å²) in [6.45, 7) is 4.63. The number of nitrogens with zero attached hydrogens (tertiary/aromatic N) is 3. The molecule has 0 spiro atoms. The van der Waals surface area contributed by atoms with Crippen LogP contribution in [-0.4, -0.2) is 57.7 Å². The van der Waals surface area contributed by atoms with Crippen LogP contribution < -0.4 is 14.5 Å². The van der Waals surface area contributed by atoms with Crippen molar-refractivity contribution in [2.24, 2.45) is 5.92 Å². The maximum Gasteiger partial charge on any atom is 0.227 e. The Hall–Kier alpha value is -2.60. The number of benzene rings is 2. The van der Waals surface area contributed by atoms with Crippen LogP contribution in [0.15, 0.2) is 42.5 Å². The quantitative estimate of drug-likeness (QED) is 0.754. The molecule has 1 atom stereocenters. The standard InChI is InChI=1S/C24H30FN3O2/c1-26-11-13-27(14-12-26)22-17-21(7-8-23(22)30-2)28-10-9-19(16-24(28)29)15-18-3-5-20(25)6-4-18/h3-8,17,19H,9-16H2,1-2H3. The van der Waals surface area contributed by atoms with Crippen molar-refractivity contribution in [1.29, 1.82) is 0 Å². The first-order chi connectivity index (χ1) is 14.5. The van der Waals surface area contributed by atoms with Gasteiger partial charge in [0.05, 0.1) is 12.8 Å². The fourth-order valence-electron chi connectivity index (χ4n) is 4.44. The van der Waals surface area contributed by atoms with Crippen LogP contribution in [0.3, 0.4) is 0 Å². The number of rotatable bonds is 5. The third-order valence-corrected chi connectivity index (χ3v) is 6.28. The van der Waals surface area contributed by atoms with Gasteiger partial charge >= 0.3 is 0 Å². The molecule has 1 amide bonds. The maximum absolute atomic E-state index is 13.1. The van der Waals surface area contributed by atoms with Crippen molar-refractivity contribution in [3.8, 4) is 5.75 Å². The lowest BCUT2D eigenvalue weighted by molar-refractivity contribution is -0.120. The number of ether oxygens (including phenoxy) is 1. The first kappa shape index (κ1) is 20.7. The number of carbonyl (C=O) groups excluding carboxylic acids is 1. The molecular formula is C24H30FN3O2. The van der Waals surface area contributed by atoms with E-state index in [1.54, 1.807) is 7.11 Å². The lowest BCUT2D eigenvalue weighted by Gasteiger charge is -2.36. The van der Waals surface area contributed by atoms with Gasteiger partial charge in [-0.25, -0.2) is 4.39 Å². The smallest absolute Gasteiger partial charge is 0.227 e. The number of halogens is 1. The van der Waals surface area contributed by atoms with E-state index in [2.05, 4.69) is 22.9 Å². The summed E-state index contributed by atoms with van der Waals surface area (Å²) >= 11 is 0. The Morgan fingerprint density at radius 3 is 2.43 bits per heavy atom.